The minimum atomic E-state index is -0.640. The van der Waals surface area contributed by atoms with E-state index < -0.39 is 30.7 Å². The molecule has 10 heteroatoms. The molecule has 1 rings (SSSR count). The zero-order valence-corrected chi connectivity index (χ0v) is 15.0. The Morgan fingerprint density at radius 3 is 1.76 bits per heavy atom. The molecular formula is C15H34N4O6. The van der Waals surface area contributed by atoms with E-state index >= 15 is 0 Å². The summed E-state index contributed by atoms with van der Waals surface area (Å²) in [5, 5.41) is 0. The minimum absolute atomic E-state index is 0.290. The molecule has 1 fully saturated rings. The van der Waals surface area contributed by atoms with E-state index in [2.05, 4.69) is 0 Å². The minimum Gasteiger partial charge on any atom is -0.377 e. The second kappa shape index (κ2) is 13.8. The lowest BCUT2D eigenvalue weighted by molar-refractivity contribution is -0.317. The molecule has 25 heavy (non-hydrogen) atoms. The highest BCUT2D eigenvalue weighted by molar-refractivity contribution is 4.93. The molecule has 150 valence electrons. The molecule has 1 aliphatic rings. The number of hydrogen-bond acceptors (Lipinski definition) is 10. The number of ether oxygens (including phenoxy) is 6. The van der Waals surface area contributed by atoms with E-state index in [1.165, 1.54) is 0 Å². The summed E-state index contributed by atoms with van der Waals surface area (Å²) in [5.74, 6) is 0. The molecule has 10 nitrogen and oxygen atoms in total. The summed E-state index contributed by atoms with van der Waals surface area (Å²) < 4.78 is 34.6. The third-order valence-corrected chi connectivity index (χ3v) is 3.65. The molecule has 0 spiro atoms. The van der Waals surface area contributed by atoms with Crippen LogP contribution in [0.1, 0.15) is 0 Å². The van der Waals surface area contributed by atoms with Crippen LogP contribution in [0.2, 0.25) is 0 Å². The predicted octanol–water partition coefficient (Wildman–Crippen LogP) is -2.64. The third kappa shape index (κ3) is 7.39. The van der Waals surface area contributed by atoms with Gasteiger partial charge in [-0.3, -0.25) is 0 Å². The number of rotatable bonds is 14. The standard InChI is InChI=1S/C15H34N4O6/c1-20-15-14(24-9-5-19)13(23-8-4-18)12(22-7-3-17)11(25-15)10-21-6-2-16/h11-15H,2-10,16-19H2,1H3/t11-,12-,13+,14-,15+/m1/s1. The Balaban J connectivity index is 2.93. The zero-order chi connectivity index (χ0) is 18.5. The van der Waals surface area contributed by atoms with Crippen molar-refractivity contribution < 1.29 is 28.4 Å². The highest BCUT2D eigenvalue weighted by atomic mass is 16.7. The molecule has 0 radical (unpaired) electrons. The summed E-state index contributed by atoms with van der Waals surface area (Å²) >= 11 is 0. The van der Waals surface area contributed by atoms with Crippen molar-refractivity contribution in [1.29, 1.82) is 0 Å². The van der Waals surface area contributed by atoms with Crippen LogP contribution in [-0.4, -0.2) is 97.0 Å². The van der Waals surface area contributed by atoms with Crippen LogP contribution in [0.5, 0.6) is 0 Å². The van der Waals surface area contributed by atoms with Gasteiger partial charge in [-0.15, -0.1) is 0 Å². The fourth-order valence-electron chi connectivity index (χ4n) is 2.66. The van der Waals surface area contributed by atoms with Gasteiger partial charge in [0.15, 0.2) is 6.29 Å². The van der Waals surface area contributed by atoms with Crippen LogP contribution in [0.3, 0.4) is 0 Å². The normalized spacial score (nSPS) is 29.9. The molecule has 1 aliphatic heterocycles. The highest BCUT2D eigenvalue weighted by Crippen LogP contribution is 2.28. The fraction of sp³-hybridized carbons (Fsp3) is 1.00. The molecule has 0 saturated carbocycles. The first-order valence-corrected chi connectivity index (χ1v) is 8.64. The lowest BCUT2D eigenvalue weighted by atomic mass is 9.98. The fourth-order valence-corrected chi connectivity index (χ4v) is 2.66. The van der Waals surface area contributed by atoms with E-state index in [1.807, 2.05) is 0 Å². The van der Waals surface area contributed by atoms with Crippen LogP contribution < -0.4 is 22.9 Å². The summed E-state index contributed by atoms with van der Waals surface area (Å²) in [4.78, 5) is 0. The molecular weight excluding hydrogens is 332 g/mol. The van der Waals surface area contributed by atoms with Gasteiger partial charge in [-0.25, -0.2) is 0 Å². The summed E-state index contributed by atoms with van der Waals surface area (Å²) in [7, 11) is 1.54. The van der Waals surface area contributed by atoms with Crippen molar-refractivity contribution in [2.24, 2.45) is 22.9 Å². The highest BCUT2D eigenvalue weighted by Gasteiger charge is 2.48. The van der Waals surface area contributed by atoms with Crippen LogP contribution in [0.4, 0.5) is 0 Å². The van der Waals surface area contributed by atoms with Gasteiger partial charge in [-0.05, 0) is 0 Å². The lowest BCUT2D eigenvalue weighted by Crippen LogP contribution is -2.62. The Morgan fingerprint density at radius 2 is 1.24 bits per heavy atom. The first-order valence-electron chi connectivity index (χ1n) is 8.64. The van der Waals surface area contributed by atoms with Crippen molar-refractivity contribution in [3.05, 3.63) is 0 Å². The largest absolute Gasteiger partial charge is 0.377 e. The quantitative estimate of drug-likeness (QED) is 0.239. The molecule has 5 atom stereocenters. The van der Waals surface area contributed by atoms with Crippen molar-refractivity contribution in [3.8, 4) is 0 Å². The van der Waals surface area contributed by atoms with E-state index in [9.17, 15) is 0 Å². The average Bonchev–Trinajstić information content (AvgIpc) is 2.63. The topological polar surface area (TPSA) is 159 Å². The van der Waals surface area contributed by atoms with E-state index in [-0.39, 0.29) is 0 Å². The van der Waals surface area contributed by atoms with Crippen LogP contribution in [0.15, 0.2) is 0 Å². The van der Waals surface area contributed by atoms with Gasteiger partial charge in [0, 0.05) is 33.3 Å². The second-order valence-corrected chi connectivity index (χ2v) is 5.51. The maximum absolute atomic E-state index is 5.98. The van der Waals surface area contributed by atoms with Gasteiger partial charge in [-0.1, -0.05) is 0 Å². The van der Waals surface area contributed by atoms with Crippen molar-refractivity contribution in [2.75, 3.05) is 66.3 Å². The summed E-state index contributed by atoms with van der Waals surface area (Å²) in [6, 6.07) is 0. The van der Waals surface area contributed by atoms with Gasteiger partial charge in [0.05, 0.1) is 33.0 Å². The number of nitrogens with two attached hydrogens (primary N) is 4. The average molecular weight is 366 g/mol. The van der Waals surface area contributed by atoms with Crippen LogP contribution in [0.25, 0.3) is 0 Å². The summed E-state index contributed by atoms with van der Waals surface area (Å²) in [6.07, 6.45) is -2.45. The van der Waals surface area contributed by atoms with Gasteiger partial charge in [0.25, 0.3) is 0 Å². The van der Waals surface area contributed by atoms with Crippen LogP contribution in [0, 0.1) is 0 Å². The summed E-state index contributed by atoms with van der Waals surface area (Å²) in [6.45, 7) is 3.29. The van der Waals surface area contributed by atoms with Crippen LogP contribution in [-0.2, 0) is 28.4 Å². The van der Waals surface area contributed by atoms with Crippen molar-refractivity contribution in [2.45, 2.75) is 30.7 Å². The smallest absolute Gasteiger partial charge is 0.186 e. The molecule has 0 aromatic carbocycles. The molecule has 8 N–H and O–H groups in total. The Bertz CT molecular complexity index is 328. The second-order valence-electron chi connectivity index (χ2n) is 5.51. The summed E-state index contributed by atoms with van der Waals surface area (Å²) in [5.41, 5.74) is 22.2. The van der Waals surface area contributed by atoms with Crippen molar-refractivity contribution in [1.82, 2.24) is 0 Å². The van der Waals surface area contributed by atoms with Gasteiger partial charge in [-0.2, -0.15) is 0 Å². The van der Waals surface area contributed by atoms with Gasteiger partial charge < -0.3 is 51.4 Å². The van der Waals surface area contributed by atoms with E-state index in [4.69, 9.17) is 51.4 Å². The van der Waals surface area contributed by atoms with Gasteiger partial charge >= 0.3 is 0 Å². The third-order valence-electron chi connectivity index (χ3n) is 3.65. The van der Waals surface area contributed by atoms with Crippen molar-refractivity contribution in [3.63, 3.8) is 0 Å². The molecule has 0 bridgehead atoms. The van der Waals surface area contributed by atoms with E-state index in [1.54, 1.807) is 7.11 Å². The molecule has 0 unspecified atom stereocenters. The Kier molecular flexibility index (Phi) is 12.5. The Morgan fingerprint density at radius 1 is 0.720 bits per heavy atom. The van der Waals surface area contributed by atoms with Gasteiger partial charge in [0.2, 0.25) is 0 Å². The van der Waals surface area contributed by atoms with Crippen molar-refractivity contribution >= 4 is 0 Å². The molecule has 0 amide bonds. The molecule has 1 heterocycles. The van der Waals surface area contributed by atoms with E-state index in [0.717, 1.165) is 0 Å². The predicted molar refractivity (Wildman–Crippen MR) is 91.9 cm³/mol. The molecule has 0 aromatic rings. The maximum Gasteiger partial charge on any atom is 0.186 e. The Labute approximate surface area is 149 Å². The first kappa shape index (κ1) is 22.6. The van der Waals surface area contributed by atoms with Gasteiger partial charge in [0.1, 0.15) is 24.4 Å². The zero-order valence-electron chi connectivity index (χ0n) is 15.0. The van der Waals surface area contributed by atoms with Crippen LogP contribution >= 0.6 is 0 Å². The number of hydrogen-bond donors (Lipinski definition) is 4. The molecule has 1 saturated heterocycles. The molecule has 0 aliphatic carbocycles. The number of methoxy groups -OCH3 is 1. The molecule has 0 aromatic heterocycles. The van der Waals surface area contributed by atoms with E-state index in [0.29, 0.717) is 59.2 Å². The maximum atomic E-state index is 5.98. The SMILES string of the molecule is CO[C@H]1O[C@H](COCCN)[C@@H](OCCN)[C@H](OCCN)[C@H]1OCCN. The lowest BCUT2D eigenvalue weighted by Gasteiger charge is -2.45. The monoisotopic (exact) mass is 366 g/mol. The first-order chi connectivity index (χ1) is 12.2. The Hall–Kier alpha value is -0.400.